The van der Waals surface area contributed by atoms with E-state index in [1.54, 1.807) is 16.4 Å². The van der Waals surface area contributed by atoms with Crippen molar-refractivity contribution in [2.45, 2.75) is 110 Å². The Balaban J connectivity index is 0.838. The number of benzene rings is 3. The number of rotatable bonds is 21. The molecular weight excluding hydrogens is 875 g/mol. The van der Waals surface area contributed by atoms with Crippen LogP contribution in [0.4, 0.5) is 10.5 Å². The van der Waals surface area contributed by atoms with Gasteiger partial charge in [-0.2, -0.15) is 0 Å². The Labute approximate surface area is 414 Å². The molecule has 2 aliphatic heterocycles. The van der Waals surface area contributed by atoms with Crippen molar-refractivity contribution in [3.05, 3.63) is 166 Å². The second-order valence-corrected chi connectivity index (χ2v) is 18.8. The van der Waals surface area contributed by atoms with E-state index in [0.29, 0.717) is 81.1 Å². The molecule has 1 aliphatic carbocycles. The van der Waals surface area contributed by atoms with Gasteiger partial charge in [-0.15, -0.1) is 0 Å². The fourth-order valence-electron chi connectivity index (χ4n) is 9.51. The van der Waals surface area contributed by atoms with Crippen molar-refractivity contribution in [3.8, 4) is 17.0 Å². The zero-order valence-corrected chi connectivity index (χ0v) is 41.6. The number of anilines is 1. The average Bonchev–Trinajstić information content (AvgIpc) is 3.72. The second kappa shape index (κ2) is 24.9. The molecule has 1 aromatic heterocycles. The third-order valence-electron chi connectivity index (χ3n) is 13.4. The van der Waals surface area contributed by atoms with Crippen molar-refractivity contribution in [2.75, 3.05) is 45.6 Å². The minimum Gasteiger partial charge on any atom is -0.410 e. The molecule has 7 rings (SSSR count). The molecule has 2 amide bonds. The largest absolute Gasteiger partial charge is 0.415 e. The van der Waals surface area contributed by atoms with Gasteiger partial charge in [-0.25, -0.2) is 4.79 Å². The van der Waals surface area contributed by atoms with Crippen LogP contribution in [0.15, 0.2) is 132 Å². The Kier molecular flexibility index (Phi) is 18.3. The van der Waals surface area contributed by atoms with E-state index in [9.17, 15) is 24.3 Å². The Morgan fingerprint density at radius 1 is 0.771 bits per heavy atom. The monoisotopic (exact) mass is 946 g/mol. The summed E-state index contributed by atoms with van der Waals surface area (Å²) < 4.78 is 7.92. The van der Waals surface area contributed by atoms with Gasteiger partial charge in [0.05, 0.1) is 12.2 Å². The van der Waals surface area contributed by atoms with Crippen molar-refractivity contribution >= 4 is 34.2 Å². The number of piperazine rings is 1. The van der Waals surface area contributed by atoms with Crippen LogP contribution in [-0.4, -0.2) is 82.4 Å². The van der Waals surface area contributed by atoms with Gasteiger partial charge < -0.3 is 29.5 Å². The third kappa shape index (κ3) is 13.1. The van der Waals surface area contributed by atoms with E-state index in [0.717, 1.165) is 83.8 Å². The molecule has 70 heavy (non-hydrogen) atoms. The van der Waals surface area contributed by atoms with E-state index < -0.39 is 5.60 Å². The number of nitrogens with one attached hydrogen (secondary N) is 1. The number of ketones is 1. The number of aliphatic hydroxyl groups is 1. The number of ether oxygens (including phenoxy) is 1. The van der Waals surface area contributed by atoms with Crippen LogP contribution in [0.25, 0.3) is 22.0 Å². The van der Waals surface area contributed by atoms with E-state index in [4.69, 9.17) is 4.74 Å². The lowest BCUT2D eigenvalue weighted by Crippen LogP contribution is -2.49. The first-order valence-electron chi connectivity index (χ1n) is 25.2. The lowest BCUT2D eigenvalue weighted by atomic mass is 9.76. The summed E-state index contributed by atoms with van der Waals surface area (Å²) in [6.45, 7) is 8.04. The first-order chi connectivity index (χ1) is 34.0. The van der Waals surface area contributed by atoms with E-state index in [-0.39, 0.29) is 36.2 Å². The van der Waals surface area contributed by atoms with Gasteiger partial charge in [0.1, 0.15) is 11.4 Å². The molecule has 0 bridgehead atoms. The molecule has 3 heterocycles. The lowest BCUT2D eigenvalue weighted by Gasteiger charge is -2.34. The predicted octanol–water partition coefficient (Wildman–Crippen LogP) is 10.9. The maximum atomic E-state index is 13.8. The minimum absolute atomic E-state index is 0.00861. The maximum absolute atomic E-state index is 13.8. The Hall–Kier alpha value is -6.40. The Morgan fingerprint density at radius 3 is 2.01 bits per heavy atom. The molecule has 11 nitrogen and oxygen atoms in total. The highest BCUT2D eigenvalue weighted by atomic mass is 16.6. The minimum atomic E-state index is -1.65. The van der Waals surface area contributed by atoms with Gasteiger partial charge in [-0.3, -0.25) is 19.3 Å². The fourth-order valence-corrected chi connectivity index (χ4v) is 9.51. The van der Waals surface area contributed by atoms with Crippen molar-refractivity contribution in [1.29, 1.82) is 0 Å². The third-order valence-corrected chi connectivity index (χ3v) is 13.4. The van der Waals surface area contributed by atoms with Crippen LogP contribution in [0.5, 0.6) is 5.75 Å². The van der Waals surface area contributed by atoms with Gasteiger partial charge in [0.15, 0.2) is 5.78 Å². The average molecular weight is 946 g/mol. The number of nitrogens with zero attached hydrogens (tertiary/aromatic N) is 4. The summed E-state index contributed by atoms with van der Waals surface area (Å²) in [7, 11) is 3.96. The van der Waals surface area contributed by atoms with Crippen molar-refractivity contribution in [3.63, 3.8) is 0 Å². The van der Waals surface area contributed by atoms with E-state index in [1.165, 1.54) is 0 Å². The number of hydrogen-bond acceptors (Lipinski definition) is 8. The predicted molar refractivity (Wildman–Crippen MR) is 283 cm³/mol. The van der Waals surface area contributed by atoms with Crippen LogP contribution >= 0.6 is 0 Å². The number of carbonyl (C=O) groups is 3. The zero-order valence-electron chi connectivity index (χ0n) is 41.6. The molecule has 0 radical (unpaired) electrons. The number of carbonyl (C=O) groups excluding carboxylic acids is 3. The van der Waals surface area contributed by atoms with Crippen LogP contribution in [0.1, 0.15) is 106 Å². The van der Waals surface area contributed by atoms with Gasteiger partial charge in [0, 0.05) is 80.1 Å². The summed E-state index contributed by atoms with van der Waals surface area (Å²) in [5, 5.41) is 16.3. The molecular formula is C59H71N5O6. The van der Waals surface area contributed by atoms with Crippen molar-refractivity contribution in [1.82, 2.24) is 19.3 Å². The topological polar surface area (TPSA) is 124 Å². The summed E-state index contributed by atoms with van der Waals surface area (Å²) in [6, 6.07) is 17.8. The SMILES string of the molecule is CCC=CCC=CCC=CCC=CCC=CCC=CCCC(=O)Nc1ccc(CN2CCN(C(=O)Oc3ccc4cc5c(cc4c3CN(C)C)Cn3c-5cc4c(c3=O)CCC(=O)C4(O)CC)CC2)cc1. The van der Waals surface area contributed by atoms with Gasteiger partial charge >= 0.3 is 6.09 Å². The smallest absolute Gasteiger partial charge is 0.410 e. The highest BCUT2D eigenvalue weighted by Gasteiger charge is 2.43. The van der Waals surface area contributed by atoms with E-state index in [1.807, 2.05) is 61.5 Å². The van der Waals surface area contributed by atoms with Crippen molar-refractivity contribution < 1.29 is 24.2 Å². The number of allylic oxidation sites excluding steroid dienone is 12. The molecule has 1 saturated heterocycles. The molecule has 2 N–H and O–H groups in total. The Bertz CT molecular complexity index is 2730. The van der Waals surface area contributed by atoms with Crippen LogP contribution in [0.2, 0.25) is 0 Å². The highest BCUT2D eigenvalue weighted by molar-refractivity contribution is 5.95. The number of fused-ring (bicyclic) bond motifs is 5. The maximum Gasteiger partial charge on any atom is 0.415 e. The quantitative estimate of drug-likeness (QED) is 0.0697. The normalized spacial score (nSPS) is 17.4. The molecule has 3 aliphatic rings. The van der Waals surface area contributed by atoms with Crippen LogP contribution in [-0.2, 0) is 41.2 Å². The lowest BCUT2D eigenvalue weighted by molar-refractivity contribution is -0.140. The van der Waals surface area contributed by atoms with Crippen molar-refractivity contribution in [2.24, 2.45) is 0 Å². The van der Waals surface area contributed by atoms with E-state index >= 15 is 0 Å². The zero-order chi connectivity index (χ0) is 49.5. The molecule has 11 heteroatoms. The molecule has 1 unspecified atom stereocenters. The number of hydrogen-bond donors (Lipinski definition) is 2. The molecule has 3 aromatic carbocycles. The molecule has 1 fully saturated rings. The van der Waals surface area contributed by atoms with Gasteiger partial charge in [0.25, 0.3) is 5.56 Å². The number of pyridine rings is 1. The molecule has 4 aromatic rings. The number of Topliss-reactive ketones (excluding diaryl/α,β-unsaturated/α-hetero) is 1. The molecule has 1 atom stereocenters. The first kappa shape index (κ1) is 51.5. The fraction of sp³-hybridized carbons (Fsp3) is 0.390. The van der Waals surface area contributed by atoms with Crippen LogP contribution in [0.3, 0.4) is 0 Å². The standard InChI is InChI=1S/C59H71N5O6/c1-5-7-8-9-10-11-12-13-14-15-16-17-18-19-20-21-22-23-24-25-56(66)60-47-29-26-44(27-30-47)41-62-34-36-63(37-35-62)58(68)70-54-32-28-45-38-50-46(39-49(45)51(54)43-61(3)4)42-64-53(50)40-52-48(57(64)67)31-33-55(65)59(52,69)6-2/h7-8,10-11,13-14,16-17,19-20,22-23,26-30,32,38-40,69H,5-6,9,12,15,18,21,24-25,31,33-37,41-43H2,1-4H3,(H,60,66). The molecule has 0 spiro atoms. The first-order valence-corrected chi connectivity index (χ1v) is 25.2. The summed E-state index contributed by atoms with van der Waals surface area (Å²) in [6.07, 6.45) is 33.3. The number of amides is 2. The van der Waals surface area contributed by atoms with Crippen LogP contribution in [0, 0.1) is 0 Å². The van der Waals surface area contributed by atoms with E-state index in [2.05, 4.69) is 102 Å². The number of aromatic nitrogens is 1. The van der Waals surface area contributed by atoms with Crippen LogP contribution < -0.4 is 15.6 Å². The second-order valence-electron chi connectivity index (χ2n) is 18.8. The highest BCUT2D eigenvalue weighted by Crippen LogP contribution is 2.42. The molecule has 0 saturated carbocycles. The summed E-state index contributed by atoms with van der Waals surface area (Å²) >= 11 is 0. The van der Waals surface area contributed by atoms with Gasteiger partial charge in [0.2, 0.25) is 5.91 Å². The summed E-state index contributed by atoms with van der Waals surface area (Å²) in [4.78, 5) is 59.1. The van der Waals surface area contributed by atoms with Gasteiger partial charge in [-0.1, -0.05) is 105 Å². The molecule has 368 valence electrons. The summed E-state index contributed by atoms with van der Waals surface area (Å²) in [5.41, 5.74) is 4.51. The summed E-state index contributed by atoms with van der Waals surface area (Å²) in [5.74, 6) is 0.255. The van der Waals surface area contributed by atoms with Gasteiger partial charge in [-0.05, 0) is 130 Å². The Morgan fingerprint density at radius 2 is 1.40 bits per heavy atom.